The fourth-order valence-electron chi connectivity index (χ4n) is 2.35. The van der Waals surface area contributed by atoms with E-state index in [-0.39, 0.29) is 16.8 Å². The van der Waals surface area contributed by atoms with E-state index in [9.17, 15) is 19.7 Å². The molecule has 0 spiro atoms. The lowest BCUT2D eigenvalue weighted by atomic mass is 9.86. The third-order valence-electron chi connectivity index (χ3n) is 3.33. The number of nitro benzene ring substituents is 1. The van der Waals surface area contributed by atoms with Gasteiger partial charge in [0, 0.05) is 18.1 Å². The van der Waals surface area contributed by atoms with Gasteiger partial charge in [0.15, 0.2) is 0 Å². The maximum atomic E-state index is 12.1. The van der Waals surface area contributed by atoms with Crippen LogP contribution in [0.2, 0.25) is 0 Å². The number of carbonyl (C=O) groups is 2. The van der Waals surface area contributed by atoms with Crippen molar-refractivity contribution in [2.24, 2.45) is 11.7 Å². The lowest BCUT2D eigenvalue weighted by Crippen LogP contribution is -2.36. The van der Waals surface area contributed by atoms with Gasteiger partial charge in [-0.2, -0.15) is 0 Å². The minimum Gasteiger partial charge on any atom is -0.444 e. The van der Waals surface area contributed by atoms with Crippen molar-refractivity contribution in [3.63, 3.8) is 0 Å². The van der Waals surface area contributed by atoms with E-state index >= 15 is 0 Å². The zero-order valence-electron chi connectivity index (χ0n) is 13.0. The molecule has 0 saturated heterocycles. The Kier molecular flexibility index (Phi) is 6.68. The van der Waals surface area contributed by atoms with E-state index in [1.165, 1.54) is 12.1 Å². The Labute approximate surface area is 142 Å². The number of ketones is 1. The standard InChI is InChI=1S/C15H19BrN2O5/c1-15(2,23-14(17)20)8-11(13(19)9-16)7-10-3-5-12(6-4-10)18(21)22/h3-6,11H,7-9H2,1-2H3,(H2,17,20). The normalized spacial score (nSPS) is 12.5. The van der Waals surface area contributed by atoms with Crippen LogP contribution in [0.4, 0.5) is 10.5 Å². The Balaban J connectivity index is 2.88. The van der Waals surface area contributed by atoms with Crippen molar-refractivity contribution in [3.05, 3.63) is 39.9 Å². The van der Waals surface area contributed by atoms with Crippen LogP contribution >= 0.6 is 15.9 Å². The highest BCUT2D eigenvalue weighted by Gasteiger charge is 2.30. The summed E-state index contributed by atoms with van der Waals surface area (Å²) in [4.78, 5) is 33.3. The number of hydrogen-bond donors (Lipinski definition) is 1. The molecule has 0 aliphatic carbocycles. The molecule has 2 N–H and O–H groups in total. The van der Waals surface area contributed by atoms with Gasteiger partial charge in [-0.25, -0.2) is 4.79 Å². The second-order valence-corrected chi connectivity index (χ2v) is 6.37. The molecule has 1 amide bonds. The van der Waals surface area contributed by atoms with Crippen molar-refractivity contribution in [3.8, 4) is 0 Å². The molecule has 1 unspecified atom stereocenters. The smallest absolute Gasteiger partial charge is 0.405 e. The number of carbonyl (C=O) groups excluding carboxylic acids is 2. The third-order valence-corrected chi connectivity index (χ3v) is 3.88. The number of amides is 1. The van der Waals surface area contributed by atoms with Crippen molar-refractivity contribution >= 4 is 33.5 Å². The van der Waals surface area contributed by atoms with E-state index in [2.05, 4.69) is 15.9 Å². The number of Topliss-reactive ketones (excluding diaryl/α,β-unsaturated/α-hetero) is 1. The number of alkyl halides is 1. The first-order chi connectivity index (χ1) is 10.6. The van der Waals surface area contributed by atoms with Crippen LogP contribution in [-0.2, 0) is 16.0 Å². The number of primary amides is 1. The van der Waals surface area contributed by atoms with Crippen molar-refractivity contribution in [1.82, 2.24) is 0 Å². The molecule has 0 saturated carbocycles. The number of rotatable bonds is 8. The Morgan fingerprint density at radius 3 is 2.35 bits per heavy atom. The highest BCUT2D eigenvalue weighted by molar-refractivity contribution is 9.09. The highest BCUT2D eigenvalue weighted by Crippen LogP contribution is 2.25. The Hall–Kier alpha value is -1.96. The van der Waals surface area contributed by atoms with Crippen LogP contribution in [0.1, 0.15) is 25.8 Å². The van der Waals surface area contributed by atoms with Crippen LogP contribution < -0.4 is 5.73 Å². The summed E-state index contributed by atoms with van der Waals surface area (Å²) in [6.07, 6.45) is -0.193. The second-order valence-electron chi connectivity index (χ2n) is 5.81. The van der Waals surface area contributed by atoms with Crippen LogP contribution in [0.5, 0.6) is 0 Å². The highest BCUT2D eigenvalue weighted by atomic mass is 79.9. The van der Waals surface area contributed by atoms with E-state index in [0.717, 1.165) is 5.56 Å². The minimum atomic E-state index is -0.893. The maximum Gasteiger partial charge on any atom is 0.405 e. The molecule has 126 valence electrons. The molecule has 1 aromatic carbocycles. The molecule has 0 heterocycles. The number of halogens is 1. The summed E-state index contributed by atoms with van der Waals surface area (Å²) < 4.78 is 5.03. The van der Waals surface area contributed by atoms with Crippen LogP contribution in [0.25, 0.3) is 0 Å². The van der Waals surface area contributed by atoms with Gasteiger partial charge in [-0.15, -0.1) is 0 Å². The van der Waals surface area contributed by atoms with Crippen molar-refractivity contribution in [2.45, 2.75) is 32.3 Å². The fourth-order valence-corrected chi connectivity index (χ4v) is 2.81. The van der Waals surface area contributed by atoms with Gasteiger partial charge in [0.25, 0.3) is 5.69 Å². The molecule has 0 radical (unpaired) electrons. The number of benzene rings is 1. The van der Waals surface area contributed by atoms with E-state index in [1.54, 1.807) is 26.0 Å². The molecule has 0 fully saturated rings. The number of nitro groups is 1. The summed E-state index contributed by atoms with van der Waals surface area (Å²) in [6.45, 7) is 3.37. The molecule has 1 atom stereocenters. The molecule has 23 heavy (non-hydrogen) atoms. The van der Waals surface area contributed by atoms with Crippen molar-refractivity contribution in [1.29, 1.82) is 0 Å². The van der Waals surface area contributed by atoms with Crippen LogP contribution in [0, 0.1) is 16.0 Å². The first-order valence-corrected chi connectivity index (χ1v) is 8.07. The monoisotopic (exact) mass is 386 g/mol. The number of nitrogens with zero attached hydrogens (tertiary/aromatic N) is 1. The molecule has 8 heteroatoms. The summed E-state index contributed by atoms with van der Waals surface area (Å²) >= 11 is 3.15. The minimum absolute atomic E-state index is 0.00508. The van der Waals surface area contributed by atoms with Gasteiger partial charge in [0.05, 0.1) is 10.3 Å². The van der Waals surface area contributed by atoms with Gasteiger partial charge in [-0.05, 0) is 32.3 Å². The molecule has 0 bridgehead atoms. The lowest BCUT2D eigenvalue weighted by Gasteiger charge is -2.28. The first-order valence-electron chi connectivity index (χ1n) is 6.95. The molecule has 7 nitrogen and oxygen atoms in total. The summed E-state index contributed by atoms with van der Waals surface area (Å²) in [5.74, 6) is -0.435. The fraction of sp³-hybridized carbons (Fsp3) is 0.467. The first kappa shape index (κ1) is 19.1. The van der Waals surface area contributed by atoms with E-state index in [4.69, 9.17) is 10.5 Å². The maximum absolute atomic E-state index is 12.1. The van der Waals surface area contributed by atoms with Crippen LogP contribution in [0.3, 0.4) is 0 Å². The number of non-ortho nitro benzene ring substituents is 1. The largest absolute Gasteiger partial charge is 0.444 e. The third kappa shape index (κ3) is 6.35. The molecule has 0 aromatic heterocycles. The van der Waals surface area contributed by atoms with Gasteiger partial charge in [0.1, 0.15) is 11.4 Å². The summed E-state index contributed by atoms with van der Waals surface area (Å²) in [5.41, 5.74) is 4.95. The quantitative estimate of drug-likeness (QED) is 0.419. The second kappa shape index (κ2) is 8.05. The Bertz CT molecular complexity index is 586. The topological polar surface area (TPSA) is 113 Å². The molecule has 1 aromatic rings. The van der Waals surface area contributed by atoms with E-state index in [1.807, 2.05) is 0 Å². The van der Waals surface area contributed by atoms with Gasteiger partial charge in [0.2, 0.25) is 0 Å². The average molecular weight is 387 g/mol. The summed E-state index contributed by atoms with van der Waals surface area (Å²) in [6, 6.07) is 6.04. The predicted molar refractivity (Wildman–Crippen MR) is 88.5 cm³/mol. The number of ether oxygens (including phenoxy) is 1. The Morgan fingerprint density at radius 1 is 1.35 bits per heavy atom. The average Bonchev–Trinajstić information content (AvgIpc) is 2.44. The number of hydrogen-bond acceptors (Lipinski definition) is 5. The van der Waals surface area contributed by atoms with Gasteiger partial charge < -0.3 is 10.5 Å². The van der Waals surface area contributed by atoms with E-state index < -0.39 is 22.5 Å². The van der Waals surface area contributed by atoms with Crippen molar-refractivity contribution < 1.29 is 19.2 Å². The molecule has 1 rings (SSSR count). The molecule has 0 aliphatic rings. The van der Waals surface area contributed by atoms with Crippen molar-refractivity contribution in [2.75, 3.05) is 5.33 Å². The molecular weight excluding hydrogens is 368 g/mol. The van der Waals surface area contributed by atoms with Crippen LogP contribution in [-0.4, -0.2) is 27.7 Å². The van der Waals surface area contributed by atoms with Gasteiger partial charge in [-0.3, -0.25) is 14.9 Å². The summed E-state index contributed by atoms with van der Waals surface area (Å²) in [7, 11) is 0. The van der Waals surface area contributed by atoms with Gasteiger partial charge >= 0.3 is 6.09 Å². The molecule has 0 aliphatic heterocycles. The number of nitrogens with two attached hydrogens (primary N) is 1. The van der Waals surface area contributed by atoms with E-state index in [0.29, 0.717) is 12.8 Å². The summed E-state index contributed by atoms with van der Waals surface area (Å²) in [5, 5.41) is 10.8. The SMILES string of the molecule is CC(C)(CC(Cc1ccc([N+](=O)[O-])cc1)C(=O)CBr)OC(N)=O. The predicted octanol–water partition coefficient (Wildman–Crippen LogP) is 2.98. The zero-order chi connectivity index (χ0) is 17.6. The lowest BCUT2D eigenvalue weighted by molar-refractivity contribution is -0.384. The van der Waals surface area contributed by atoms with Crippen LogP contribution in [0.15, 0.2) is 24.3 Å². The molecular formula is C15H19BrN2O5. The zero-order valence-corrected chi connectivity index (χ0v) is 14.5. The Morgan fingerprint density at radius 2 is 1.91 bits per heavy atom. The van der Waals surface area contributed by atoms with Gasteiger partial charge in [-0.1, -0.05) is 28.1 Å².